The smallest absolute Gasteiger partial charge is 0.412 e. The Morgan fingerprint density at radius 2 is 1.81 bits per heavy atom. The molecule has 142 valence electrons. The van der Waals surface area contributed by atoms with Crippen LogP contribution in [0.5, 0.6) is 0 Å². The number of nitrogens with one attached hydrogen (secondary N) is 1. The fourth-order valence-electron chi connectivity index (χ4n) is 3.37. The van der Waals surface area contributed by atoms with Crippen molar-refractivity contribution in [2.45, 2.75) is 60.0 Å². The number of nitrogens with two attached hydrogens (primary N) is 1. The van der Waals surface area contributed by atoms with Gasteiger partial charge in [0.2, 0.25) is 11.8 Å². The topological polar surface area (TPSA) is 102 Å². The molecule has 1 aromatic rings. The quantitative estimate of drug-likeness (QED) is 0.864. The molecule has 0 radical (unpaired) electrons. The van der Waals surface area contributed by atoms with Gasteiger partial charge in [-0.05, 0) is 63.3 Å². The highest BCUT2D eigenvalue weighted by atomic mass is 16.6. The molecule has 0 aliphatic carbocycles. The van der Waals surface area contributed by atoms with Gasteiger partial charge in [0.05, 0.1) is 17.8 Å². The second-order valence-corrected chi connectivity index (χ2v) is 7.62. The van der Waals surface area contributed by atoms with E-state index in [0.717, 1.165) is 22.3 Å². The Morgan fingerprint density at radius 3 is 2.31 bits per heavy atom. The summed E-state index contributed by atoms with van der Waals surface area (Å²) in [5.41, 5.74) is 9.34. The van der Waals surface area contributed by atoms with Gasteiger partial charge in [-0.25, -0.2) is 4.79 Å². The molecule has 3 amide bonds. The summed E-state index contributed by atoms with van der Waals surface area (Å²) in [6, 6.07) is 0. The minimum Gasteiger partial charge on any atom is -0.444 e. The summed E-state index contributed by atoms with van der Waals surface area (Å²) >= 11 is 0. The van der Waals surface area contributed by atoms with Crippen molar-refractivity contribution >= 4 is 29.3 Å². The van der Waals surface area contributed by atoms with Gasteiger partial charge in [0.1, 0.15) is 5.60 Å². The number of rotatable bonds is 3. The van der Waals surface area contributed by atoms with Gasteiger partial charge in [-0.2, -0.15) is 0 Å². The largest absolute Gasteiger partial charge is 0.444 e. The van der Waals surface area contributed by atoms with Crippen molar-refractivity contribution in [1.29, 1.82) is 0 Å². The maximum Gasteiger partial charge on any atom is 0.412 e. The first-order valence-electron chi connectivity index (χ1n) is 8.63. The summed E-state index contributed by atoms with van der Waals surface area (Å²) in [6.45, 7) is 11.1. The van der Waals surface area contributed by atoms with Crippen LogP contribution in [0, 0.1) is 13.8 Å². The zero-order chi connectivity index (χ0) is 19.8. The van der Waals surface area contributed by atoms with E-state index in [4.69, 9.17) is 10.5 Å². The molecule has 0 fully saturated rings. The second kappa shape index (κ2) is 6.97. The summed E-state index contributed by atoms with van der Waals surface area (Å²) < 4.78 is 5.36. The molecule has 0 atom stereocenters. The fourth-order valence-corrected chi connectivity index (χ4v) is 3.37. The van der Waals surface area contributed by atoms with E-state index in [9.17, 15) is 14.4 Å². The van der Waals surface area contributed by atoms with E-state index in [1.165, 1.54) is 6.92 Å². The predicted molar refractivity (Wildman–Crippen MR) is 100 cm³/mol. The van der Waals surface area contributed by atoms with Crippen LogP contribution in [0.1, 0.15) is 49.9 Å². The normalized spacial score (nSPS) is 13.4. The van der Waals surface area contributed by atoms with Crippen LogP contribution < -0.4 is 16.0 Å². The van der Waals surface area contributed by atoms with Gasteiger partial charge in [-0.1, -0.05) is 0 Å². The summed E-state index contributed by atoms with van der Waals surface area (Å²) in [5.74, 6) is -0.543. The summed E-state index contributed by atoms with van der Waals surface area (Å²) in [5, 5.41) is 2.79. The monoisotopic (exact) mass is 361 g/mol. The molecule has 7 nitrogen and oxygen atoms in total. The lowest BCUT2D eigenvalue weighted by atomic mass is 9.91. The molecule has 0 bridgehead atoms. The van der Waals surface area contributed by atoms with Gasteiger partial charge in [-0.3, -0.25) is 14.9 Å². The average molecular weight is 361 g/mol. The van der Waals surface area contributed by atoms with Crippen molar-refractivity contribution in [3.05, 3.63) is 22.3 Å². The van der Waals surface area contributed by atoms with Crippen LogP contribution >= 0.6 is 0 Å². The lowest BCUT2D eigenvalue weighted by Gasteiger charge is -2.26. The molecule has 0 unspecified atom stereocenters. The van der Waals surface area contributed by atoms with E-state index < -0.39 is 17.6 Å². The van der Waals surface area contributed by atoms with Crippen LogP contribution in [-0.4, -0.2) is 30.1 Å². The molecule has 0 spiro atoms. The first-order valence-corrected chi connectivity index (χ1v) is 8.63. The number of hydrogen-bond donors (Lipinski definition) is 2. The lowest BCUT2D eigenvalue weighted by molar-refractivity contribution is -0.117. The molecule has 1 aromatic carbocycles. The number of amides is 3. The molecule has 3 N–H and O–H groups in total. The Hall–Kier alpha value is -2.57. The van der Waals surface area contributed by atoms with Gasteiger partial charge in [0, 0.05) is 13.5 Å². The van der Waals surface area contributed by atoms with E-state index in [1.807, 2.05) is 13.8 Å². The number of hydrogen-bond acceptors (Lipinski definition) is 4. The number of carbonyl (C=O) groups is 3. The van der Waals surface area contributed by atoms with E-state index in [2.05, 4.69) is 5.32 Å². The molecule has 0 aromatic heterocycles. The van der Waals surface area contributed by atoms with Crippen molar-refractivity contribution in [3.63, 3.8) is 0 Å². The van der Waals surface area contributed by atoms with Crippen molar-refractivity contribution in [2.75, 3.05) is 16.8 Å². The minimum atomic E-state index is -0.651. The standard InChI is InChI=1S/C19H27N3O4/c1-10-13-7-8-22(12(3)23)17(13)16(11(2)14(10)9-15(20)24)21-18(25)26-19(4,5)6/h7-9H2,1-6H3,(H2,20,24)(H,21,25). The molecule has 7 heteroatoms. The van der Waals surface area contributed by atoms with Gasteiger partial charge in [0.15, 0.2) is 0 Å². The van der Waals surface area contributed by atoms with Crippen molar-refractivity contribution in [2.24, 2.45) is 5.73 Å². The third-order valence-electron chi connectivity index (χ3n) is 4.47. The second-order valence-electron chi connectivity index (χ2n) is 7.62. The van der Waals surface area contributed by atoms with E-state index in [-0.39, 0.29) is 12.3 Å². The van der Waals surface area contributed by atoms with Crippen LogP contribution in [0.25, 0.3) is 0 Å². The van der Waals surface area contributed by atoms with Crippen LogP contribution in [0.3, 0.4) is 0 Å². The Balaban J connectivity index is 2.60. The highest BCUT2D eigenvalue weighted by Crippen LogP contribution is 2.42. The third-order valence-corrected chi connectivity index (χ3v) is 4.47. The predicted octanol–water partition coefficient (Wildman–Crippen LogP) is 2.59. The van der Waals surface area contributed by atoms with Crippen LogP contribution in [0.15, 0.2) is 0 Å². The van der Waals surface area contributed by atoms with Crippen LogP contribution in [0.2, 0.25) is 0 Å². The van der Waals surface area contributed by atoms with Gasteiger partial charge < -0.3 is 15.4 Å². The number of benzene rings is 1. The van der Waals surface area contributed by atoms with Gasteiger partial charge >= 0.3 is 6.09 Å². The number of anilines is 2. The Labute approximate surface area is 153 Å². The van der Waals surface area contributed by atoms with Gasteiger partial charge in [-0.15, -0.1) is 0 Å². The van der Waals surface area contributed by atoms with Crippen molar-refractivity contribution in [1.82, 2.24) is 0 Å². The number of fused-ring (bicyclic) bond motifs is 1. The Bertz CT molecular complexity index is 778. The zero-order valence-electron chi connectivity index (χ0n) is 16.3. The molecule has 26 heavy (non-hydrogen) atoms. The number of primary amides is 1. The molecule has 1 heterocycles. The van der Waals surface area contributed by atoms with Crippen LogP contribution in [0.4, 0.5) is 16.2 Å². The number of carbonyl (C=O) groups excluding carboxylic acids is 3. The Morgan fingerprint density at radius 1 is 1.19 bits per heavy atom. The molecular weight excluding hydrogens is 334 g/mol. The molecule has 2 rings (SSSR count). The summed E-state index contributed by atoms with van der Waals surface area (Å²) in [4.78, 5) is 37.6. The molecule has 0 saturated carbocycles. The SMILES string of the molecule is CC(=O)N1CCc2c(C)c(CC(N)=O)c(C)c(NC(=O)OC(C)(C)C)c21. The van der Waals surface area contributed by atoms with E-state index in [1.54, 1.807) is 25.7 Å². The highest BCUT2D eigenvalue weighted by molar-refractivity contribution is 6.03. The molecular formula is C19H27N3O4. The zero-order valence-corrected chi connectivity index (χ0v) is 16.3. The van der Waals surface area contributed by atoms with Crippen molar-refractivity contribution in [3.8, 4) is 0 Å². The van der Waals surface area contributed by atoms with Crippen molar-refractivity contribution < 1.29 is 19.1 Å². The third kappa shape index (κ3) is 3.98. The van der Waals surface area contributed by atoms with E-state index in [0.29, 0.717) is 24.3 Å². The first-order chi connectivity index (χ1) is 11.9. The molecule has 1 aliphatic heterocycles. The van der Waals surface area contributed by atoms with Gasteiger partial charge in [0.25, 0.3) is 0 Å². The lowest BCUT2D eigenvalue weighted by Crippen LogP contribution is -2.30. The maximum atomic E-state index is 12.3. The minimum absolute atomic E-state index is 0.0774. The maximum absolute atomic E-state index is 12.3. The number of nitrogens with zero attached hydrogens (tertiary/aromatic N) is 1. The number of ether oxygens (including phenoxy) is 1. The Kier molecular flexibility index (Phi) is 5.30. The molecule has 1 aliphatic rings. The first kappa shape index (κ1) is 19.8. The molecule has 0 saturated heterocycles. The van der Waals surface area contributed by atoms with E-state index >= 15 is 0 Å². The summed E-state index contributed by atoms with van der Waals surface area (Å²) in [7, 11) is 0. The summed E-state index contributed by atoms with van der Waals surface area (Å²) in [6.07, 6.45) is 0.135. The van der Waals surface area contributed by atoms with Crippen LogP contribution in [-0.2, 0) is 27.2 Å². The fraction of sp³-hybridized carbons (Fsp3) is 0.526. The average Bonchev–Trinajstić information content (AvgIpc) is 2.91. The highest BCUT2D eigenvalue weighted by Gasteiger charge is 2.31.